The molecule has 0 amide bonds. The van der Waals surface area contributed by atoms with Gasteiger partial charge in [0.05, 0.1) is 59.5 Å². The molecule has 0 aliphatic rings. The highest BCUT2D eigenvalue weighted by Crippen LogP contribution is 1.91. The summed E-state index contributed by atoms with van der Waals surface area (Å²) in [6, 6.07) is 0. The van der Waals surface area contributed by atoms with E-state index >= 15 is 0 Å². The molecule has 0 aromatic carbocycles. The fraction of sp³-hybridized carbons (Fsp3) is 1.00. The molecular weight excluding hydrogens is 326 g/mol. The Balaban J connectivity index is -0.000000108. The van der Waals surface area contributed by atoms with Gasteiger partial charge in [-0.3, -0.25) is 4.90 Å². The summed E-state index contributed by atoms with van der Waals surface area (Å²) in [5, 5.41) is 25.8. The van der Waals surface area contributed by atoms with Crippen molar-refractivity contribution in [2.75, 3.05) is 79.1 Å². The molecule has 164 valence electrons. The number of nitrogens with zero attached hydrogens (tertiary/aromatic N) is 1. The Bertz CT molecular complexity index is 147. The second kappa shape index (κ2) is 39.0. The van der Waals surface area contributed by atoms with Crippen LogP contribution >= 0.6 is 0 Å². The zero-order chi connectivity index (χ0) is 14.2. The van der Waals surface area contributed by atoms with Crippen LogP contribution in [0.15, 0.2) is 0 Å². The predicted octanol–water partition coefficient (Wildman–Crippen LogP) is 2.13. The highest BCUT2D eigenvalue weighted by atomic mass is 16.5. The van der Waals surface area contributed by atoms with E-state index in [1.165, 1.54) is 0 Å². The number of rotatable bonds is 15. The molecule has 0 rings (SSSR count). The summed E-state index contributed by atoms with van der Waals surface area (Å²) in [7, 11) is 0. The molecule has 0 fully saturated rings. The number of hydrogen-bond acceptors (Lipinski definition) is 7. The lowest BCUT2D eigenvalue weighted by atomic mass is 10.4. The van der Waals surface area contributed by atoms with Crippen LogP contribution in [0.3, 0.4) is 0 Å². The standard InChI is InChI=1S/C12H27NO6.6CH4/c14-4-10-17-7-1-13(2-8-18-11-5-15)3-9-19-12-6-16;;;;;;/h14-16H,1-12H2;6*1H4. The minimum Gasteiger partial charge on any atom is -0.394 e. The Morgan fingerprint density at radius 1 is 0.440 bits per heavy atom. The molecule has 0 radical (unpaired) electrons. The molecule has 0 aromatic rings. The minimum atomic E-state index is 0. The first-order chi connectivity index (χ1) is 9.35. The molecule has 0 aliphatic carbocycles. The Labute approximate surface area is 158 Å². The molecule has 3 N–H and O–H groups in total. The third-order valence-corrected chi connectivity index (χ3v) is 2.36. The first-order valence-corrected chi connectivity index (χ1v) is 6.63. The fourth-order valence-electron chi connectivity index (χ4n) is 1.42. The van der Waals surface area contributed by atoms with Crippen LogP contribution in [0.4, 0.5) is 0 Å². The molecule has 0 aromatic heterocycles. The zero-order valence-corrected chi connectivity index (χ0v) is 11.5. The van der Waals surface area contributed by atoms with Crippen molar-refractivity contribution in [3.63, 3.8) is 0 Å². The summed E-state index contributed by atoms with van der Waals surface area (Å²) in [6.45, 7) is 4.92. The number of aliphatic hydroxyl groups excluding tert-OH is 3. The molecule has 7 heteroatoms. The van der Waals surface area contributed by atoms with E-state index in [0.29, 0.717) is 39.6 Å². The van der Waals surface area contributed by atoms with Crippen molar-refractivity contribution in [1.29, 1.82) is 0 Å². The molecule has 0 bridgehead atoms. The quantitative estimate of drug-likeness (QED) is 0.377. The average molecular weight is 378 g/mol. The van der Waals surface area contributed by atoms with Gasteiger partial charge in [0.15, 0.2) is 0 Å². The summed E-state index contributed by atoms with van der Waals surface area (Å²) in [5.74, 6) is 0. The van der Waals surface area contributed by atoms with E-state index < -0.39 is 0 Å². The van der Waals surface area contributed by atoms with Gasteiger partial charge in [0.25, 0.3) is 0 Å². The smallest absolute Gasteiger partial charge is 0.0698 e. The SMILES string of the molecule is C.C.C.C.C.C.OCCOCCN(CCOCCO)CCOCCO. The summed E-state index contributed by atoms with van der Waals surface area (Å²) >= 11 is 0. The Kier molecular flexibility index (Phi) is 69.1. The first kappa shape index (κ1) is 44.3. The molecule has 0 atom stereocenters. The molecule has 0 aliphatic heterocycles. The molecule has 7 nitrogen and oxygen atoms in total. The van der Waals surface area contributed by atoms with Gasteiger partial charge in [-0.05, 0) is 0 Å². The lowest BCUT2D eigenvalue weighted by molar-refractivity contribution is 0.0325. The van der Waals surface area contributed by atoms with Crippen LogP contribution in [0.1, 0.15) is 44.6 Å². The Morgan fingerprint density at radius 2 is 0.680 bits per heavy atom. The fourth-order valence-corrected chi connectivity index (χ4v) is 1.42. The molecule has 25 heavy (non-hydrogen) atoms. The number of aliphatic hydroxyl groups is 3. The van der Waals surface area contributed by atoms with Crippen LogP contribution in [0, 0.1) is 0 Å². The molecular formula is C18H51NO6. The van der Waals surface area contributed by atoms with Crippen LogP contribution in [0.5, 0.6) is 0 Å². The highest BCUT2D eigenvalue weighted by Gasteiger charge is 2.05. The minimum absolute atomic E-state index is 0. The van der Waals surface area contributed by atoms with Gasteiger partial charge in [-0.15, -0.1) is 0 Å². The third kappa shape index (κ3) is 35.6. The second-order valence-corrected chi connectivity index (χ2v) is 3.85. The van der Waals surface area contributed by atoms with Crippen molar-refractivity contribution in [3.8, 4) is 0 Å². The van der Waals surface area contributed by atoms with Gasteiger partial charge >= 0.3 is 0 Å². The topological polar surface area (TPSA) is 91.6 Å². The number of hydrogen-bond donors (Lipinski definition) is 3. The van der Waals surface area contributed by atoms with Crippen molar-refractivity contribution in [2.24, 2.45) is 0 Å². The lowest BCUT2D eigenvalue weighted by Crippen LogP contribution is -2.34. The molecule has 0 spiro atoms. The second-order valence-electron chi connectivity index (χ2n) is 3.85. The monoisotopic (exact) mass is 377 g/mol. The van der Waals surface area contributed by atoms with Gasteiger partial charge in [-0.2, -0.15) is 0 Å². The maximum absolute atomic E-state index is 8.61. The van der Waals surface area contributed by atoms with Gasteiger partial charge < -0.3 is 29.5 Å². The molecule has 0 heterocycles. The van der Waals surface area contributed by atoms with E-state index in [1.54, 1.807) is 0 Å². The highest BCUT2D eigenvalue weighted by molar-refractivity contribution is 4.57. The maximum atomic E-state index is 8.61. The zero-order valence-electron chi connectivity index (χ0n) is 11.5. The van der Waals surface area contributed by atoms with Crippen molar-refractivity contribution in [3.05, 3.63) is 0 Å². The van der Waals surface area contributed by atoms with Crippen molar-refractivity contribution < 1.29 is 29.5 Å². The van der Waals surface area contributed by atoms with E-state index in [4.69, 9.17) is 29.5 Å². The van der Waals surface area contributed by atoms with E-state index in [-0.39, 0.29) is 64.4 Å². The van der Waals surface area contributed by atoms with Crippen LogP contribution in [-0.2, 0) is 14.2 Å². The van der Waals surface area contributed by atoms with Crippen molar-refractivity contribution >= 4 is 0 Å². The van der Waals surface area contributed by atoms with Crippen LogP contribution in [0.2, 0.25) is 0 Å². The summed E-state index contributed by atoms with van der Waals surface area (Å²) < 4.78 is 15.6. The van der Waals surface area contributed by atoms with E-state index in [0.717, 1.165) is 19.6 Å². The van der Waals surface area contributed by atoms with Crippen LogP contribution in [0.25, 0.3) is 0 Å². The summed E-state index contributed by atoms with van der Waals surface area (Å²) in [6.07, 6.45) is 0. The average Bonchev–Trinajstić information content (AvgIpc) is 2.43. The predicted molar refractivity (Wildman–Crippen MR) is 111 cm³/mol. The first-order valence-electron chi connectivity index (χ1n) is 6.63. The van der Waals surface area contributed by atoms with Crippen molar-refractivity contribution in [1.82, 2.24) is 4.90 Å². The van der Waals surface area contributed by atoms with Gasteiger partial charge in [0.2, 0.25) is 0 Å². The van der Waals surface area contributed by atoms with E-state index in [9.17, 15) is 0 Å². The van der Waals surface area contributed by atoms with Crippen LogP contribution < -0.4 is 0 Å². The van der Waals surface area contributed by atoms with Crippen LogP contribution in [-0.4, -0.2) is 99.3 Å². The normalized spacial score (nSPS) is 8.64. The summed E-state index contributed by atoms with van der Waals surface area (Å²) in [4.78, 5) is 2.12. The lowest BCUT2D eigenvalue weighted by Gasteiger charge is -2.22. The largest absolute Gasteiger partial charge is 0.394 e. The van der Waals surface area contributed by atoms with Gasteiger partial charge in [-0.25, -0.2) is 0 Å². The third-order valence-electron chi connectivity index (χ3n) is 2.36. The maximum Gasteiger partial charge on any atom is 0.0698 e. The van der Waals surface area contributed by atoms with Gasteiger partial charge in [0.1, 0.15) is 0 Å². The number of ether oxygens (including phenoxy) is 3. The summed E-state index contributed by atoms with van der Waals surface area (Å²) in [5.41, 5.74) is 0. The molecule has 0 saturated heterocycles. The van der Waals surface area contributed by atoms with E-state index in [1.807, 2.05) is 0 Å². The Morgan fingerprint density at radius 3 is 0.880 bits per heavy atom. The van der Waals surface area contributed by atoms with Crippen molar-refractivity contribution in [2.45, 2.75) is 44.6 Å². The van der Waals surface area contributed by atoms with Gasteiger partial charge in [-0.1, -0.05) is 44.6 Å². The Hall–Kier alpha value is -0.280. The molecule has 0 unspecified atom stereocenters. The van der Waals surface area contributed by atoms with Gasteiger partial charge in [0, 0.05) is 19.6 Å². The van der Waals surface area contributed by atoms with E-state index in [2.05, 4.69) is 4.90 Å². The molecule has 0 saturated carbocycles.